The average molecular weight is 315 g/mol. The van der Waals surface area contributed by atoms with Crippen LogP contribution in [0.5, 0.6) is 11.5 Å². The number of nitrogens with one attached hydrogen (secondary N) is 1. The van der Waals surface area contributed by atoms with Crippen molar-refractivity contribution in [3.63, 3.8) is 0 Å². The molecule has 4 nitrogen and oxygen atoms in total. The van der Waals surface area contributed by atoms with Crippen LogP contribution in [-0.2, 0) is 13.2 Å². The molecule has 0 amide bonds. The number of benzene rings is 2. The number of aryl methyl sites for hydroxylation is 1. The van der Waals surface area contributed by atoms with Crippen molar-refractivity contribution in [3.05, 3.63) is 59.2 Å². The van der Waals surface area contributed by atoms with Gasteiger partial charge in [0.15, 0.2) is 11.5 Å². The lowest BCUT2D eigenvalue weighted by Gasteiger charge is -2.16. The number of aliphatic hydroxyl groups excluding tert-OH is 1. The topological polar surface area (TPSA) is 50.7 Å². The van der Waals surface area contributed by atoms with Crippen LogP contribution in [0.2, 0.25) is 0 Å². The molecule has 0 radical (unpaired) electrons. The van der Waals surface area contributed by atoms with Crippen LogP contribution < -0.4 is 14.8 Å². The van der Waals surface area contributed by atoms with Crippen molar-refractivity contribution >= 4 is 0 Å². The van der Waals surface area contributed by atoms with E-state index in [9.17, 15) is 5.11 Å². The molecule has 0 aliphatic heterocycles. The Labute approximate surface area is 138 Å². The van der Waals surface area contributed by atoms with Crippen LogP contribution in [-0.4, -0.2) is 24.9 Å². The van der Waals surface area contributed by atoms with Crippen molar-refractivity contribution in [2.75, 3.05) is 13.7 Å². The predicted molar refractivity (Wildman–Crippen MR) is 91.9 cm³/mol. The van der Waals surface area contributed by atoms with Crippen molar-refractivity contribution in [3.8, 4) is 11.5 Å². The molecule has 0 aliphatic carbocycles. The monoisotopic (exact) mass is 315 g/mol. The van der Waals surface area contributed by atoms with Crippen molar-refractivity contribution < 1.29 is 14.6 Å². The Morgan fingerprint density at radius 3 is 2.52 bits per heavy atom. The highest BCUT2D eigenvalue weighted by Crippen LogP contribution is 2.31. The molecular formula is C19H25NO3. The van der Waals surface area contributed by atoms with E-state index in [1.165, 1.54) is 5.56 Å². The van der Waals surface area contributed by atoms with E-state index in [-0.39, 0.29) is 6.10 Å². The lowest BCUT2D eigenvalue weighted by Crippen LogP contribution is -2.24. The number of para-hydroxylation sites is 1. The molecule has 0 heterocycles. The number of ether oxygens (including phenoxy) is 2. The minimum absolute atomic E-state index is 0.377. The smallest absolute Gasteiger partial charge is 0.166 e. The summed E-state index contributed by atoms with van der Waals surface area (Å²) >= 11 is 0. The van der Waals surface area contributed by atoms with Gasteiger partial charge in [0.2, 0.25) is 0 Å². The maximum absolute atomic E-state index is 9.36. The van der Waals surface area contributed by atoms with Crippen LogP contribution in [0.15, 0.2) is 42.5 Å². The third-order valence-electron chi connectivity index (χ3n) is 3.54. The van der Waals surface area contributed by atoms with E-state index >= 15 is 0 Å². The fraction of sp³-hybridized carbons (Fsp3) is 0.368. The van der Waals surface area contributed by atoms with Crippen LogP contribution in [0.1, 0.15) is 23.6 Å². The summed E-state index contributed by atoms with van der Waals surface area (Å²) in [7, 11) is 1.64. The highest BCUT2D eigenvalue weighted by molar-refractivity contribution is 5.46. The third-order valence-corrected chi connectivity index (χ3v) is 3.54. The molecule has 1 atom stereocenters. The molecule has 1 unspecified atom stereocenters. The van der Waals surface area contributed by atoms with Gasteiger partial charge in [-0.15, -0.1) is 0 Å². The second-order valence-corrected chi connectivity index (χ2v) is 5.70. The Morgan fingerprint density at radius 2 is 1.87 bits per heavy atom. The Kier molecular flexibility index (Phi) is 6.44. The summed E-state index contributed by atoms with van der Waals surface area (Å²) < 4.78 is 11.4. The first kappa shape index (κ1) is 17.3. The largest absolute Gasteiger partial charge is 0.493 e. The SMILES string of the molecule is COc1cccc(CNCC(C)O)c1OCc1ccc(C)cc1. The first-order valence-electron chi connectivity index (χ1n) is 7.83. The van der Waals surface area contributed by atoms with Gasteiger partial charge in [0.25, 0.3) is 0 Å². The molecule has 23 heavy (non-hydrogen) atoms. The van der Waals surface area contributed by atoms with Crippen molar-refractivity contribution in [2.45, 2.75) is 33.1 Å². The molecule has 0 bridgehead atoms. The molecule has 0 aliphatic rings. The van der Waals surface area contributed by atoms with Crippen molar-refractivity contribution in [2.24, 2.45) is 0 Å². The summed E-state index contributed by atoms with van der Waals surface area (Å²) in [6.07, 6.45) is -0.377. The minimum atomic E-state index is -0.377. The number of hydrogen-bond acceptors (Lipinski definition) is 4. The molecule has 0 spiro atoms. The standard InChI is InChI=1S/C19H25NO3/c1-14-7-9-16(10-8-14)13-23-19-17(12-20-11-15(2)21)5-4-6-18(19)22-3/h4-10,15,20-21H,11-13H2,1-3H3. The normalized spacial score (nSPS) is 12.0. The zero-order valence-electron chi connectivity index (χ0n) is 14.0. The van der Waals surface area contributed by atoms with Crippen molar-refractivity contribution in [1.29, 1.82) is 0 Å². The minimum Gasteiger partial charge on any atom is -0.493 e. The second kappa shape index (κ2) is 8.56. The first-order valence-corrected chi connectivity index (χ1v) is 7.83. The molecule has 0 fully saturated rings. The van der Waals surface area contributed by atoms with Gasteiger partial charge in [-0.05, 0) is 25.5 Å². The van der Waals surface area contributed by atoms with Gasteiger partial charge in [0, 0.05) is 18.7 Å². The average Bonchev–Trinajstić information content (AvgIpc) is 2.54. The second-order valence-electron chi connectivity index (χ2n) is 5.70. The fourth-order valence-electron chi connectivity index (χ4n) is 2.28. The summed E-state index contributed by atoms with van der Waals surface area (Å²) in [6.45, 7) is 5.47. The zero-order chi connectivity index (χ0) is 16.7. The first-order chi connectivity index (χ1) is 11.1. The molecule has 2 aromatic rings. The number of rotatable bonds is 8. The van der Waals surface area contributed by atoms with Gasteiger partial charge in [-0.1, -0.05) is 42.0 Å². The third kappa shape index (κ3) is 5.27. The van der Waals surface area contributed by atoms with Gasteiger partial charge in [-0.3, -0.25) is 0 Å². The Bertz CT molecular complexity index is 609. The quantitative estimate of drug-likeness (QED) is 0.786. The van der Waals surface area contributed by atoms with Crippen molar-refractivity contribution in [1.82, 2.24) is 5.32 Å². The molecule has 124 valence electrons. The van der Waals surface area contributed by atoms with E-state index < -0.39 is 0 Å². The summed E-state index contributed by atoms with van der Waals surface area (Å²) in [4.78, 5) is 0. The van der Waals surface area contributed by atoms with Gasteiger partial charge < -0.3 is 19.9 Å². The maximum atomic E-state index is 9.36. The molecular weight excluding hydrogens is 290 g/mol. The van der Waals surface area contributed by atoms with Gasteiger partial charge in [0.1, 0.15) is 6.61 Å². The molecule has 0 aromatic heterocycles. The number of hydrogen-bond donors (Lipinski definition) is 2. The summed E-state index contributed by atoms with van der Waals surface area (Å²) in [5.74, 6) is 1.46. The van der Waals surface area contributed by atoms with Gasteiger partial charge >= 0.3 is 0 Å². The molecule has 2 aromatic carbocycles. The zero-order valence-corrected chi connectivity index (χ0v) is 14.0. The predicted octanol–water partition coefficient (Wildman–Crippen LogP) is 3.05. The molecule has 4 heteroatoms. The van der Waals surface area contributed by atoms with E-state index in [2.05, 4.69) is 36.5 Å². The van der Waals surface area contributed by atoms with Crippen LogP contribution in [0.25, 0.3) is 0 Å². The van der Waals surface area contributed by atoms with Crippen LogP contribution >= 0.6 is 0 Å². The van der Waals surface area contributed by atoms with Gasteiger partial charge in [-0.25, -0.2) is 0 Å². The summed E-state index contributed by atoms with van der Waals surface area (Å²) in [5.41, 5.74) is 3.36. The highest BCUT2D eigenvalue weighted by Gasteiger charge is 2.11. The number of aliphatic hydroxyl groups is 1. The fourth-order valence-corrected chi connectivity index (χ4v) is 2.28. The lowest BCUT2D eigenvalue weighted by atomic mass is 10.1. The van der Waals surface area contributed by atoms with Crippen LogP contribution in [0.4, 0.5) is 0 Å². The molecule has 2 rings (SSSR count). The highest BCUT2D eigenvalue weighted by atomic mass is 16.5. The summed E-state index contributed by atoms with van der Waals surface area (Å²) in [5, 5.41) is 12.6. The Morgan fingerprint density at radius 1 is 1.13 bits per heavy atom. The number of methoxy groups -OCH3 is 1. The van der Waals surface area contributed by atoms with Crippen LogP contribution in [0, 0.1) is 6.92 Å². The van der Waals surface area contributed by atoms with E-state index in [1.54, 1.807) is 14.0 Å². The Balaban J connectivity index is 2.09. The Hall–Kier alpha value is -2.04. The van der Waals surface area contributed by atoms with E-state index in [4.69, 9.17) is 9.47 Å². The molecule has 0 saturated carbocycles. The van der Waals surface area contributed by atoms with Crippen LogP contribution in [0.3, 0.4) is 0 Å². The maximum Gasteiger partial charge on any atom is 0.166 e. The van der Waals surface area contributed by atoms with E-state index in [0.717, 1.165) is 16.9 Å². The molecule has 0 saturated heterocycles. The van der Waals surface area contributed by atoms with E-state index in [0.29, 0.717) is 25.4 Å². The van der Waals surface area contributed by atoms with Gasteiger partial charge in [0.05, 0.1) is 13.2 Å². The van der Waals surface area contributed by atoms with Gasteiger partial charge in [-0.2, -0.15) is 0 Å². The van der Waals surface area contributed by atoms with E-state index in [1.807, 2.05) is 18.2 Å². The lowest BCUT2D eigenvalue weighted by molar-refractivity contribution is 0.190. The molecule has 2 N–H and O–H groups in total. The summed E-state index contributed by atoms with van der Waals surface area (Å²) in [6, 6.07) is 14.1.